The maximum Gasteiger partial charge on any atom is 0.271 e. The van der Waals surface area contributed by atoms with E-state index >= 15 is 0 Å². The Hall–Kier alpha value is 0.0300. The zero-order valence-electron chi connectivity index (χ0n) is 6.42. The molecule has 7 heteroatoms. The third-order valence-corrected chi connectivity index (χ3v) is 0.957. The Morgan fingerprint density at radius 2 is 1.09 bits per heavy atom. The molecule has 1 fully saturated rings. The molecule has 0 aliphatic carbocycles. The molecule has 0 amide bonds. The van der Waals surface area contributed by atoms with E-state index in [0.717, 1.165) is 26.2 Å². The van der Waals surface area contributed by atoms with Gasteiger partial charge in [-0.1, -0.05) is 0 Å². The molecule has 68 valence electrons. The van der Waals surface area contributed by atoms with E-state index in [9.17, 15) is 4.57 Å². The van der Waals surface area contributed by atoms with Crippen LogP contribution in [0.25, 0.3) is 0 Å². The largest absolute Gasteiger partial charge is 0.314 e. The molecule has 0 unspecified atom stereocenters. The van der Waals surface area contributed by atoms with Crippen LogP contribution in [0.3, 0.4) is 0 Å². The average Bonchev–Trinajstić information content (AvgIpc) is 1.88. The molecule has 6 nitrogen and oxygen atoms in total. The van der Waals surface area contributed by atoms with Crippen LogP contribution in [0, 0.1) is 0 Å². The zero-order chi connectivity index (χ0) is 8.74. The molecule has 1 rings (SSSR count). The number of rotatable bonds is 0. The Balaban J connectivity index is 0.000000187. The molecule has 0 radical (unpaired) electrons. The van der Waals surface area contributed by atoms with Gasteiger partial charge in [-0.2, -0.15) is 0 Å². The molecule has 0 aromatic rings. The summed E-state index contributed by atoms with van der Waals surface area (Å²) < 4.78 is 9.55. The van der Waals surface area contributed by atoms with Gasteiger partial charge in [-0.05, 0) is 0 Å². The standard InChI is InChI=1S/C4H10N2.H6N3OP/c1-2-6-4-3-5-1;1-5(2,3)4/h5-6H,1-4H2;(H6,1,2,3,4). The van der Waals surface area contributed by atoms with Crippen LogP contribution in [-0.4, -0.2) is 26.2 Å². The summed E-state index contributed by atoms with van der Waals surface area (Å²) in [6.07, 6.45) is 0. The quantitative estimate of drug-likeness (QED) is 0.280. The number of nitrogens with two attached hydrogens (primary N) is 3. The van der Waals surface area contributed by atoms with Gasteiger partial charge in [-0.25, -0.2) is 0 Å². The molecule has 1 aliphatic heterocycles. The van der Waals surface area contributed by atoms with Crippen molar-refractivity contribution in [3.63, 3.8) is 0 Å². The Bertz CT molecular complexity index is 111. The smallest absolute Gasteiger partial charge is 0.271 e. The lowest BCUT2D eigenvalue weighted by molar-refractivity contribution is 0.534. The Kier molecular flexibility index (Phi) is 5.67. The van der Waals surface area contributed by atoms with Crippen molar-refractivity contribution in [1.82, 2.24) is 10.6 Å². The maximum absolute atomic E-state index is 9.55. The summed E-state index contributed by atoms with van der Waals surface area (Å²) in [5.74, 6) is 0. The van der Waals surface area contributed by atoms with Crippen molar-refractivity contribution in [1.29, 1.82) is 0 Å². The number of hydrogen-bond donors (Lipinski definition) is 5. The van der Waals surface area contributed by atoms with E-state index in [1.54, 1.807) is 0 Å². The van der Waals surface area contributed by atoms with Gasteiger partial charge in [-0.3, -0.25) is 21.1 Å². The number of hydrogen-bond acceptors (Lipinski definition) is 3. The molecule has 11 heavy (non-hydrogen) atoms. The summed E-state index contributed by atoms with van der Waals surface area (Å²) in [5, 5.41) is 6.44. The van der Waals surface area contributed by atoms with Crippen LogP contribution < -0.4 is 27.1 Å². The number of piperazine rings is 1. The molecule has 0 bridgehead atoms. The van der Waals surface area contributed by atoms with Crippen molar-refractivity contribution in [2.24, 2.45) is 16.5 Å². The van der Waals surface area contributed by atoms with E-state index in [4.69, 9.17) is 0 Å². The predicted molar refractivity (Wildman–Crippen MR) is 45.9 cm³/mol. The van der Waals surface area contributed by atoms with Crippen molar-refractivity contribution in [3.05, 3.63) is 0 Å². The first kappa shape index (κ1) is 11.0. The van der Waals surface area contributed by atoms with Gasteiger partial charge in [0.25, 0.3) is 7.59 Å². The van der Waals surface area contributed by atoms with E-state index in [2.05, 4.69) is 27.1 Å². The fourth-order valence-electron chi connectivity index (χ4n) is 0.604. The molecule has 1 aliphatic rings. The van der Waals surface area contributed by atoms with Crippen molar-refractivity contribution < 1.29 is 4.57 Å². The molecule has 0 spiro atoms. The first-order chi connectivity index (χ1) is 5.00. The van der Waals surface area contributed by atoms with Gasteiger partial charge < -0.3 is 10.6 Å². The van der Waals surface area contributed by atoms with Crippen LogP contribution in [0.5, 0.6) is 0 Å². The van der Waals surface area contributed by atoms with Crippen LogP contribution >= 0.6 is 7.59 Å². The topological polar surface area (TPSA) is 119 Å². The maximum atomic E-state index is 9.55. The van der Waals surface area contributed by atoms with E-state index < -0.39 is 7.59 Å². The summed E-state index contributed by atoms with van der Waals surface area (Å²) in [6, 6.07) is 0. The van der Waals surface area contributed by atoms with E-state index in [0.29, 0.717) is 0 Å². The highest BCUT2D eigenvalue weighted by atomic mass is 31.2. The first-order valence-electron chi connectivity index (χ1n) is 3.37. The highest BCUT2D eigenvalue weighted by molar-refractivity contribution is 7.56. The van der Waals surface area contributed by atoms with Gasteiger partial charge in [-0.15, -0.1) is 0 Å². The van der Waals surface area contributed by atoms with Gasteiger partial charge in [0.15, 0.2) is 0 Å². The summed E-state index contributed by atoms with van der Waals surface area (Å²) in [5.41, 5.74) is 13.4. The molecule has 0 atom stereocenters. The minimum absolute atomic E-state index is 1.14. The zero-order valence-corrected chi connectivity index (χ0v) is 7.31. The predicted octanol–water partition coefficient (Wildman–Crippen LogP) is -1.85. The van der Waals surface area contributed by atoms with Gasteiger partial charge >= 0.3 is 0 Å². The lowest BCUT2D eigenvalue weighted by atomic mass is 10.4. The third-order valence-electron chi connectivity index (χ3n) is 0.957. The fourth-order valence-corrected chi connectivity index (χ4v) is 0.604. The molecule has 1 heterocycles. The second-order valence-electron chi connectivity index (χ2n) is 2.26. The molecule has 1 saturated heterocycles. The summed E-state index contributed by atoms with van der Waals surface area (Å²) in [7, 11) is -3.14. The molecular weight excluding hydrogens is 165 g/mol. The highest BCUT2D eigenvalue weighted by Gasteiger charge is 1.91. The second-order valence-corrected chi connectivity index (χ2v) is 3.79. The highest BCUT2D eigenvalue weighted by Crippen LogP contribution is 2.06. The molecule has 0 saturated carbocycles. The van der Waals surface area contributed by atoms with Crippen LogP contribution in [-0.2, 0) is 4.57 Å². The first-order valence-corrected chi connectivity index (χ1v) is 5.29. The van der Waals surface area contributed by atoms with Crippen molar-refractivity contribution in [3.8, 4) is 0 Å². The lowest BCUT2D eigenvalue weighted by Gasteiger charge is -2.11. The van der Waals surface area contributed by atoms with Gasteiger partial charge in [0, 0.05) is 26.2 Å². The number of nitrogens with one attached hydrogen (secondary N) is 2. The summed E-state index contributed by atoms with van der Waals surface area (Å²) >= 11 is 0. The van der Waals surface area contributed by atoms with Gasteiger partial charge in [0.2, 0.25) is 0 Å². The average molecular weight is 181 g/mol. The molecular formula is C4H16N5OP. The SMILES string of the molecule is C1CNCCN1.NP(N)(N)=O. The lowest BCUT2D eigenvalue weighted by Crippen LogP contribution is -2.39. The van der Waals surface area contributed by atoms with E-state index in [1.165, 1.54) is 0 Å². The Labute approximate surface area is 66.4 Å². The van der Waals surface area contributed by atoms with Gasteiger partial charge in [0.05, 0.1) is 0 Å². The van der Waals surface area contributed by atoms with Crippen molar-refractivity contribution >= 4 is 7.59 Å². The van der Waals surface area contributed by atoms with Crippen molar-refractivity contribution in [2.45, 2.75) is 0 Å². The van der Waals surface area contributed by atoms with Crippen molar-refractivity contribution in [2.75, 3.05) is 26.2 Å². The van der Waals surface area contributed by atoms with Gasteiger partial charge in [0.1, 0.15) is 0 Å². The Morgan fingerprint density at radius 3 is 1.18 bits per heavy atom. The minimum Gasteiger partial charge on any atom is -0.314 e. The Morgan fingerprint density at radius 1 is 0.909 bits per heavy atom. The second kappa shape index (κ2) is 5.65. The summed E-state index contributed by atoms with van der Waals surface area (Å²) in [4.78, 5) is 0. The monoisotopic (exact) mass is 181 g/mol. The van der Waals surface area contributed by atoms with Crippen LogP contribution in [0.4, 0.5) is 0 Å². The third kappa shape index (κ3) is 17.8. The normalized spacial score (nSPS) is 18.5. The molecule has 8 N–H and O–H groups in total. The van der Waals surface area contributed by atoms with E-state index in [1.807, 2.05) is 0 Å². The molecule has 0 aromatic heterocycles. The minimum atomic E-state index is -3.14. The van der Waals surface area contributed by atoms with Crippen LogP contribution in [0.15, 0.2) is 0 Å². The molecule has 0 aromatic carbocycles. The van der Waals surface area contributed by atoms with E-state index in [-0.39, 0.29) is 0 Å². The van der Waals surface area contributed by atoms with Crippen LogP contribution in [0.2, 0.25) is 0 Å². The summed E-state index contributed by atoms with van der Waals surface area (Å²) in [6.45, 7) is 4.56. The van der Waals surface area contributed by atoms with Crippen LogP contribution in [0.1, 0.15) is 0 Å². The fraction of sp³-hybridized carbons (Fsp3) is 1.00.